The highest BCUT2D eigenvalue weighted by Crippen LogP contribution is 2.34. The van der Waals surface area contributed by atoms with Gasteiger partial charge in [-0.3, -0.25) is 9.78 Å². The fraction of sp³-hybridized carbons (Fsp3) is 0.167. The Morgan fingerprint density at radius 1 is 1.63 bits per heavy atom. The molecule has 0 aromatic carbocycles. The average molecular weight is 291 g/mol. The topological polar surface area (TPSA) is 86.9 Å². The Hall–Kier alpha value is -1.91. The number of carboxylic acids is 1. The molecule has 0 bridgehead atoms. The molecule has 19 heavy (non-hydrogen) atoms. The third-order valence-corrected chi connectivity index (χ3v) is 4.55. The molecule has 0 amide bonds. The Labute approximate surface area is 117 Å². The minimum atomic E-state index is -0.873. The van der Waals surface area contributed by atoms with Crippen molar-refractivity contribution in [1.29, 1.82) is 5.26 Å². The molecular weight excluding hydrogens is 282 g/mol. The number of nitriles is 1. The van der Waals surface area contributed by atoms with E-state index in [4.69, 9.17) is 10.4 Å². The summed E-state index contributed by atoms with van der Waals surface area (Å²) in [4.78, 5) is 20.5. The van der Waals surface area contributed by atoms with Gasteiger partial charge in [0.2, 0.25) is 0 Å². The van der Waals surface area contributed by atoms with Crippen LogP contribution in [0.4, 0.5) is 0 Å². The first-order valence-electron chi connectivity index (χ1n) is 5.30. The van der Waals surface area contributed by atoms with Crippen molar-refractivity contribution in [2.24, 2.45) is 0 Å². The molecule has 0 unspecified atom stereocenters. The Bertz CT molecular complexity index is 661. The fourth-order valence-electron chi connectivity index (χ4n) is 1.39. The zero-order valence-corrected chi connectivity index (χ0v) is 11.6. The van der Waals surface area contributed by atoms with Crippen molar-refractivity contribution in [2.75, 3.05) is 0 Å². The second-order valence-corrected chi connectivity index (χ2v) is 6.02. The zero-order chi connectivity index (χ0) is 13.8. The summed E-state index contributed by atoms with van der Waals surface area (Å²) < 4.78 is 0.721. The minimum Gasteiger partial charge on any atom is -0.481 e. The maximum Gasteiger partial charge on any atom is 0.308 e. The lowest BCUT2D eigenvalue weighted by atomic mass is 10.3. The number of aromatic nitrogens is 2. The molecule has 2 aromatic rings. The van der Waals surface area contributed by atoms with Gasteiger partial charge >= 0.3 is 5.97 Å². The van der Waals surface area contributed by atoms with Crippen LogP contribution in [0.25, 0.3) is 0 Å². The monoisotopic (exact) mass is 291 g/mol. The predicted molar refractivity (Wildman–Crippen MR) is 71.3 cm³/mol. The summed E-state index contributed by atoms with van der Waals surface area (Å²) in [5, 5.41) is 17.8. The number of nitrogens with zero attached hydrogens (tertiary/aromatic N) is 3. The van der Waals surface area contributed by atoms with E-state index in [0.29, 0.717) is 5.56 Å². The van der Waals surface area contributed by atoms with Crippen molar-refractivity contribution < 1.29 is 9.90 Å². The van der Waals surface area contributed by atoms with Gasteiger partial charge in [-0.15, -0.1) is 11.3 Å². The summed E-state index contributed by atoms with van der Waals surface area (Å²) >= 11 is 2.67. The Morgan fingerprint density at radius 3 is 3.11 bits per heavy atom. The number of carboxylic acid groups (broad SMARTS) is 1. The minimum absolute atomic E-state index is 0.0256. The lowest BCUT2D eigenvalue weighted by molar-refractivity contribution is -0.136. The number of aryl methyl sites for hydroxylation is 1. The van der Waals surface area contributed by atoms with Crippen LogP contribution in [0.15, 0.2) is 27.7 Å². The zero-order valence-electron chi connectivity index (χ0n) is 9.95. The molecule has 0 atom stereocenters. The molecule has 2 heterocycles. The SMILES string of the molecule is Cc1nc(Sc2cnccc2C#N)sc1CC(=O)O. The van der Waals surface area contributed by atoms with Crippen LogP contribution in [-0.2, 0) is 11.2 Å². The number of hydrogen-bond acceptors (Lipinski definition) is 6. The van der Waals surface area contributed by atoms with Crippen molar-refractivity contribution in [3.05, 3.63) is 34.6 Å². The summed E-state index contributed by atoms with van der Waals surface area (Å²) in [6.07, 6.45) is 3.14. The van der Waals surface area contributed by atoms with E-state index in [1.54, 1.807) is 25.4 Å². The third kappa shape index (κ3) is 3.30. The molecule has 1 N–H and O–H groups in total. The van der Waals surface area contributed by atoms with E-state index < -0.39 is 5.97 Å². The molecule has 0 aliphatic rings. The van der Waals surface area contributed by atoms with Gasteiger partial charge in [0, 0.05) is 17.3 Å². The molecule has 0 saturated carbocycles. The maximum atomic E-state index is 10.7. The normalized spacial score (nSPS) is 10.1. The summed E-state index contributed by atoms with van der Waals surface area (Å²) in [5.41, 5.74) is 1.25. The second kappa shape index (κ2) is 5.82. The smallest absolute Gasteiger partial charge is 0.308 e. The van der Waals surface area contributed by atoms with Gasteiger partial charge in [0.05, 0.1) is 22.6 Å². The summed E-state index contributed by atoms with van der Waals surface area (Å²) in [6.45, 7) is 1.79. The van der Waals surface area contributed by atoms with Crippen LogP contribution in [0.2, 0.25) is 0 Å². The van der Waals surface area contributed by atoms with E-state index in [1.807, 2.05) is 0 Å². The molecule has 96 valence electrons. The second-order valence-electron chi connectivity index (χ2n) is 3.64. The van der Waals surface area contributed by atoms with Crippen LogP contribution < -0.4 is 0 Å². The molecule has 0 radical (unpaired) electrons. The highest BCUT2D eigenvalue weighted by atomic mass is 32.2. The molecule has 0 fully saturated rings. The van der Waals surface area contributed by atoms with Gasteiger partial charge in [0.1, 0.15) is 6.07 Å². The number of hydrogen-bond donors (Lipinski definition) is 1. The lowest BCUT2D eigenvalue weighted by Crippen LogP contribution is -1.99. The van der Waals surface area contributed by atoms with Crippen molar-refractivity contribution in [2.45, 2.75) is 22.6 Å². The molecule has 5 nitrogen and oxygen atoms in total. The van der Waals surface area contributed by atoms with Gasteiger partial charge in [0.25, 0.3) is 0 Å². The molecule has 0 aliphatic carbocycles. The standard InChI is InChI=1S/C12H9N3O2S2/c1-7-9(4-11(16)17)18-12(15-7)19-10-6-14-3-2-8(10)5-13/h2-3,6H,4H2,1H3,(H,16,17). The van der Waals surface area contributed by atoms with Crippen LogP contribution >= 0.6 is 23.1 Å². The molecular formula is C12H9N3O2S2. The average Bonchev–Trinajstić information content (AvgIpc) is 2.69. The van der Waals surface area contributed by atoms with Crippen LogP contribution in [0.3, 0.4) is 0 Å². The van der Waals surface area contributed by atoms with Crippen LogP contribution in [0, 0.1) is 18.3 Å². The van der Waals surface area contributed by atoms with Crippen LogP contribution in [0.1, 0.15) is 16.1 Å². The van der Waals surface area contributed by atoms with Crippen molar-refractivity contribution in [3.63, 3.8) is 0 Å². The Balaban J connectivity index is 2.25. The summed E-state index contributed by atoms with van der Waals surface area (Å²) in [5.74, 6) is -0.873. The predicted octanol–water partition coefficient (Wildman–Crippen LogP) is 2.50. The largest absolute Gasteiger partial charge is 0.481 e. The van der Waals surface area contributed by atoms with Crippen molar-refractivity contribution in [1.82, 2.24) is 9.97 Å². The van der Waals surface area contributed by atoms with Gasteiger partial charge in [-0.2, -0.15) is 5.26 Å². The first-order valence-corrected chi connectivity index (χ1v) is 6.93. The van der Waals surface area contributed by atoms with Gasteiger partial charge in [0.15, 0.2) is 4.34 Å². The highest BCUT2D eigenvalue weighted by molar-refractivity contribution is 8.01. The number of thiazole rings is 1. The quantitative estimate of drug-likeness (QED) is 0.931. The number of aliphatic carboxylic acids is 1. The van der Waals surface area contributed by atoms with E-state index in [2.05, 4.69) is 16.0 Å². The van der Waals surface area contributed by atoms with E-state index in [1.165, 1.54) is 23.1 Å². The fourth-order valence-corrected chi connectivity index (χ4v) is 3.62. The number of rotatable bonds is 4. The third-order valence-electron chi connectivity index (χ3n) is 2.29. The van der Waals surface area contributed by atoms with Crippen molar-refractivity contribution in [3.8, 4) is 6.07 Å². The van der Waals surface area contributed by atoms with Gasteiger partial charge < -0.3 is 5.11 Å². The number of pyridine rings is 1. The van der Waals surface area contributed by atoms with E-state index in [9.17, 15) is 4.79 Å². The first kappa shape index (κ1) is 13.5. The van der Waals surface area contributed by atoms with E-state index in [0.717, 1.165) is 19.8 Å². The lowest BCUT2D eigenvalue weighted by Gasteiger charge is -1.98. The van der Waals surface area contributed by atoms with Crippen LogP contribution in [0.5, 0.6) is 0 Å². The number of carbonyl (C=O) groups is 1. The van der Waals surface area contributed by atoms with E-state index >= 15 is 0 Å². The maximum absolute atomic E-state index is 10.7. The molecule has 0 spiro atoms. The van der Waals surface area contributed by atoms with Gasteiger partial charge in [-0.1, -0.05) is 11.8 Å². The van der Waals surface area contributed by atoms with Gasteiger partial charge in [-0.05, 0) is 13.0 Å². The molecule has 2 aromatic heterocycles. The molecule has 7 heteroatoms. The Kier molecular flexibility index (Phi) is 4.14. The molecule has 0 saturated heterocycles. The molecule has 2 rings (SSSR count). The summed E-state index contributed by atoms with van der Waals surface area (Å²) in [6, 6.07) is 3.73. The Morgan fingerprint density at radius 2 is 2.42 bits per heavy atom. The van der Waals surface area contributed by atoms with E-state index in [-0.39, 0.29) is 6.42 Å². The van der Waals surface area contributed by atoms with Gasteiger partial charge in [-0.25, -0.2) is 4.98 Å². The first-order chi connectivity index (χ1) is 9.10. The molecule has 0 aliphatic heterocycles. The highest BCUT2D eigenvalue weighted by Gasteiger charge is 2.13. The van der Waals surface area contributed by atoms with Crippen molar-refractivity contribution >= 4 is 29.1 Å². The summed E-state index contributed by atoms with van der Waals surface area (Å²) in [7, 11) is 0. The van der Waals surface area contributed by atoms with Crippen LogP contribution in [-0.4, -0.2) is 21.0 Å².